The highest BCUT2D eigenvalue weighted by atomic mass is 32.1. The number of rotatable bonds is 6. The van der Waals surface area contributed by atoms with Gasteiger partial charge in [0.25, 0.3) is 5.91 Å². The number of thiazole rings is 1. The SMILES string of the molecule is C=CCN(Cc1ccc(C#N)cc1)C(=O)c1ccc(-c2nc3ccccc3s2)o1. The van der Waals surface area contributed by atoms with Crippen molar-refractivity contribution in [3.63, 3.8) is 0 Å². The summed E-state index contributed by atoms with van der Waals surface area (Å²) in [7, 11) is 0. The molecule has 0 aliphatic heterocycles. The molecule has 0 aliphatic carbocycles. The van der Waals surface area contributed by atoms with E-state index in [9.17, 15) is 4.79 Å². The quantitative estimate of drug-likeness (QED) is 0.415. The second-order valence-corrected chi connectivity index (χ2v) is 7.46. The van der Waals surface area contributed by atoms with Gasteiger partial charge >= 0.3 is 0 Å². The Morgan fingerprint density at radius 3 is 2.69 bits per heavy atom. The molecule has 1 amide bonds. The van der Waals surface area contributed by atoms with Crippen LogP contribution < -0.4 is 0 Å². The van der Waals surface area contributed by atoms with Gasteiger partial charge in [-0.1, -0.05) is 30.3 Å². The van der Waals surface area contributed by atoms with Gasteiger partial charge in [-0.25, -0.2) is 4.98 Å². The largest absolute Gasteiger partial charge is 0.448 e. The van der Waals surface area contributed by atoms with E-state index in [1.54, 1.807) is 35.2 Å². The first-order valence-electron chi connectivity index (χ1n) is 9.03. The van der Waals surface area contributed by atoms with Gasteiger partial charge in [-0.05, 0) is 42.0 Å². The Balaban J connectivity index is 1.56. The Labute approximate surface area is 172 Å². The summed E-state index contributed by atoms with van der Waals surface area (Å²) in [6, 6.07) is 20.6. The summed E-state index contributed by atoms with van der Waals surface area (Å²) in [5, 5.41) is 9.67. The zero-order chi connectivity index (χ0) is 20.2. The van der Waals surface area contributed by atoms with Crippen molar-refractivity contribution in [1.82, 2.24) is 9.88 Å². The van der Waals surface area contributed by atoms with E-state index in [0.29, 0.717) is 24.4 Å². The van der Waals surface area contributed by atoms with Crippen LogP contribution in [0.3, 0.4) is 0 Å². The third-order valence-corrected chi connectivity index (χ3v) is 5.47. The molecule has 0 saturated carbocycles. The number of para-hydroxylation sites is 1. The Morgan fingerprint density at radius 1 is 1.17 bits per heavy atom. The van der Waals surface area contributed by atoms with Crippen LogP contribution in [0.25, 0.3) is 21.0 Å². The third-order valence-electron chi connectivity index (χ3n) is 4.41. The molecule has 4 rings (SSSR count). The van der Waals surface area contributed by atoms with Crippen molar-refractivity contribution in [1.29, 1.82) is 5.26 Å². The fourth-order valence-corrected chi connectivity index (χ4v) is 3.91. The minimum Gasteiger partial charge on any atom is -0.448 e. The molecule has 0 unspecified atom stereocenters. The van der Waals surface area contributed by atoms with Crippen LogP contribution in [0.2, 0.25) is 0 Å². The number of nitrogens with zero attached hydrogens (tertiary/aromatic N) is 3. The lowest BCUT2D eigenvalue weighted by atomic mass is 10.1. The van der Waals surface area contributed by atoms with Gasteiger partial charge in [0.2, 0.25) is 0 Å². The summed E-state index contributed by atoms with van der Waals surface area (Å²) < 4.78 is 6.91. The van der Waals surface area contributed by atoms with E-state index in [1.165, 1.54) is 11.3 Å². The van der Waals surface area contributed by atoms with Crippen LogP contribution in [-0.2, 0) is 6.54 Å². The summed E-state index contributed by atoms with van der Waals surface area (Å²) in [5.74, 6) is 0.614. The molecular formula is C23H17N3O2S. The van der Waals surface area contributed by atoms with Crippen LogP contribution in [0.15, 0.2) is 77.7 Å². The Bertz CT molecular complexity index is 1180. The molecule has 0 bridgehead atoms. The highest BCUT2D eigenvalue weighted by molar-refractivity contribution is 7.21. The average Bonchev–Trinajstić information content (AvgIpc) is 3.40. The number of aromatic nitrogens is 1. The minimum atomic E-state index is -0.221. The van der Waals surface area contributed by atoms with Gasteiger partial charge in [-0.15, -0.1) is 17.9 Å². The van der Waals surface area contributed by atoms with Crippen LogP contribution >= 0.6 is 11.3 Å². The summed E-state index contributed by atoms with van der Waals surface area (Å²) in [5.41, 5.74) is 2.42. The Morgan fingerprint density at radius 2 is 1.97 bits per heavy atom. The zero-order valence-electron chi connectivity index (χ0n) is 15.5. The lowest BCUT2D eigenvalue weighted by molar-refractivity contribution is 0.0731. The summed E-state index contributed by atoms with van der Waals surface area (Å²) in [6.07, 6.45) is 1.68. The first kappa shape index (κ1) is 18.7. The molecule has 5 nitrogen and oxygen atoms in total. The second kappa shape index (κ2) is 8.13. The fourth-order valence-electron chi connectivity index (χ4n) is 2.98. The van der Waals surface area contributed by atoms with Crippen molar-refractivity contribution in [2.24, 2.45) is 0 Å². The van der Waals surface area contributed by atoms with Crippen LogP contribution in [-0.4, -0.2) is 22.3 Å². The first-order valence-corrected chi connectivity index (χ1v) is 9.84. The normalized spacial score (nSPS) is 10.6. The highest BCUT2D eigenvalue weighted by Crippen LogP contribution is 2.31. The molecule has 29 heavy (non-hydrogen) atoms. The third kappa shape index (κ3) is 3.96. The van der Waals surface area contributed by atoms with Crippen molar-refractivity contribution >= 4 is 27.5 Å². The molecule has 0 atom stereocenters. The lowest BCUT2D eigenvalue weighted by Gasteiger charge is -2.20. The highest BCUT2D eigenvalue weighted by Gasteiger charge is 2.20. The molecule has 0 fully saturated rings. The number of amides is 1. The van der Waals surface area contributed by atoms with E-state index in [1.807, 2.05) is 36.4 Å². The molecule has 0 N–H and O–H groups in total. The van der Waals surface area contributed by atoms with Crippen molar-refractivity contribution in [2.45, 2.75) is 6.54 Å². The molecule has 0 spiro atoms. The Hall–Kier alpha value is -3.69. The van der Waals surface area contributed by atoms with Crippen molar-refractivity contribution in [3.8, 4) is 16.8 Å². The predicted octanol–water partition coefficient (Wildman–Crippen LogP) is 5.26. The van der Waals surface area contributed by atoms with Gasteiger partial charge in [-0.3, -0.25) is 4.79 Å². The summed E-state index contributed by atoms with van der Waals surface area (Å²) >= 11 is 1.53. The van der Waals surface area contributed by atoms with Crippen LogP contribution in [0.5, 0.6) is 0 Å². The van der Waals surface area contributed by atoms with Gasteiger partial charge in [0, 0.05) is 13.1 Å². The Kier molecular flexibility index (Phi) is 5.23. The fraction of sp³-hybridized carbons (Fsp3) is 0.0870. The van der Waals surface area contributed by atoms with Crippen molar-refractivity contribution in [2.75, 3.05) is 6.54 Å². The van der Waals surface area contributed by atoms with E-state index < -0.39 is 0 Å². The standard InChI is InChI=1S/C23H17N3O2S/c1-2-13-26(15-17-9-7-16(14-24)8-10-17)23(27)20-12-11-19(28-20)22-25-18-5-3-4-6-21(18)29-22/h2-12H,1,13,15H2. The molecule has 2 heterocycles. The van der Waals surface area contributed by atoms with E-state index in [-0.39, 0.29) is 11.7 Å². The van der Waals surface area contributed by atoms with Gasteiger partial charge in [-0.2, -0.15) is 5.26 Å². The molecule has 0 radical (unpaired) electrons. The van der Waals surface area contributed by atoms with Crippen LogP contribution in [0, 0.1) is 11.3 Å². The molecule has 4 aromatic rings. The van der Waals surface area contributed by atoms with Crippen molar-refractivity contribution < 1.29 is 9.21 Å². The van der Waals surface area contributed by atoms with Gasteiger partial charge in [0.05, 0.1) is 21.8 Å². The topological polar surface area (TPSA) is 70.1 Å². The van der Waals surface area contributed by atoms with E-state index in [0.717, 1.165) is 20.8 Å². The number of hydrogen-bond acceptors (Lipinski definition) is 5. The van der Waals surface area contributed by atoms with Crippen molar-refractivity contribution in [3.05, 3.63) is 90.2 Å². The number of fused-ring (bicyclic) bond motifs is 1. The van der Waals surface area contributed by atoms with Gasteiger partial charge in [0.1, 0.15) is 0 Å². The van der Waals surface area contributed by atoms with Crippen LogP contribution in [0.1, 0.15) is 21.7 Å². The summed E-state index contributed by atoms with van der Waals surface area (Å²) in [4.78, 5) is 19.2. The molecule has 142 valence electrons. The molecule has 0 saturated heterocycles. The van der Waals surface area contributed by atoms with E-state index in [4.69, 9.17) is 9.68 Å². The maximum atomic E-state index is 13.0. The zero-order valence-corrected chi connectivity index (χ0v) is 16.4. The number of nitriles is 1. The van der Waals surface area contributed by atoms with Gasteiger partial charge in [0.15, 0.2) is 16.5 Å². The molecule has 2 aromatic carbocycles. The summed E-state index contributed by atoms with van der Waals surface area (Å²) in [6.45, 7) is 4.53. The maximum Gasteiger partial charge on any atom is 0.290 e. The number of carbonyl (C=O) groups excluding carboxylic acids is 1. The monoisotopic (exact) mass is 399 g/mol. The minimum absolute atomic E-state index is 0.221. The van der Waals surface area contributed by atoms with Gasteiger partial charge < -0.3 is 9.32 Å². The van der Waals surface area contributed by atoms with E-state index >= 15 is 0 Å². The van der Waals surface area contributed by atoms with Crippen LogP contribution in [0.4, 0.5) is 0 Å². The predicted molar refractivity (Wildman–Crippen MR) is 113 cm³/mol. The number of furan rings is 1. The molecule has 6 heteroatoms. The average molecular weight is 399 g/mol. The second-order valence-electron chi connectivity index (χ2n) is 6.43. The maximum absolute atomic E-state index is 13.0. The van der Waals surface area contributed by atoms with E-state index in [2.05, 4.69) is 17.6 Å². The number of benzene rings is 2. The molecular weight excluding hydrogens is 382 g/mol. The molecule has 0 aliphatic rings. The lowest BCUT2D eigenvalue weighted by Crippen LogP contribution is -2.30. The number of carbonyl (C=O) groups is 1. The first-order chi connectivity index (χ1) is 14.2. The smallest absolute Gasteiger partial charge is 0.290 e. The molecule has 2 aromatic heterocycles. The number of hydrogen-bond donors (Lipinski definition) is 0.